The molecule has 1 atom stereocenters. The smallest absolute Gasteiger partial charge is 0.131 e. The third kappa shape index (κ3) is 3.93. The molecule has 1 aromatic rings. The maximum atomic E-state index is 9.33. The number of pyridine rings is 1. The molecule has 1 aliphatic rings. The maximum Gasteiger partial charge on any atom is 0.131 e. The van der Waals surface area contributed by atoms with E-state index in [0.717, 1.165) is 51.3 Å². The van der Waals surface area contributed by atoms with Crippen LogP contribution in [0.5, 0.6) is 0 Å². The van der Waals surface area contributed by atoms with E-state index in [-0.39, 0.29) is 6.61 Å². The predicted octanol–water partition coefficient (Wildman–Crippen LogP) is 2.10. The van der Waals surface area contributed by atoms with Crippen molar-refractivity contribution in [1.29, 1.82) is 0 Å². The van der Waals surface area contributed by atoms with Crippen LogP contribution in [0.2, 0.25) is 0 Å². The van der Waals surface area contributed by atoms with Gasteiger partial charge >= 0.3 is 0 Å². The Labute approximate surface area is 122 Å². The van der Waals surface area contributed by atoms with Crippen molar-refractivity contribution in [3.05, 3.63) is 23.4 Å². The Morgan fingerprint density at radius 1 is 1.50 bits per heavy atom. The van der Waals surface area contributed by atoms with Gasteiger partial charge in [-0.2, -0.15) is 0 Å². The number of hydrogen-bond donors (Lipinski definition) is 2. The number of nitrogens with zero attached hydrogens (tertiary/aromatic N) is 2. The zero-order chi connectivity index (χ0) is 14.4. The first-order chi connectivity index (χ1) is 9.74. The molecular weight excluding hydrogens is 250 g/mol. The standard InChI is InChI=1S/C16H27N3O/c1-3-6-17-9-15-8-13(2)16(18-10-15)19-7-4-5-14(11-19)12-20/h8,10,14,17,20H,3-7,9,11-12H2,1-2H3. The van der Waals surface area contributed by atoms with Crippen LogP contribution in [-0.4, -0.2) is 36.3 Å². The molecular formula is C16H27N3O. The van der Waals surface area contributed by atoms with E-state index in [2.05, 4.69) is 35.1 Å². The van der Waals surface area contributed by atoms with Crippen LogP contribution >= 0.6 is 0 Å². The lowest BCUT2D eigenvalue weighted by Gasteiger charge is -2.33. The van der Waals surface area contributed by atoms with Crippen LogP contribution in [0.15, 0.2) is 12.3 Å². The third-order valence-corrected chi connectivity index (χ3v) is 3.94. The van der Waals surface area contributed by atoms with Gasteiger partial charge in [-0.25, -0.2) is 4.98 Å². The van der Waals surface area contributed by atoms with E-state index in [1.807, 2.05) is 6.20 Å². The van der Waals surface area contributed by atoms with E-state index >= 15 is 0 Å². The molecule has 112 valence electrons. The summed E-state index contributed by atoms with van der Waals surface area (Å²) in [6, 6.07) is 2.23. The van der Waals surface area contributed by atoms with Crippen molar-refractivity contribution in [3.63, 3.8) is 0 Å². The molecule has 1 aliphatic heterocycles. The molecule has 1 aromatic heterocycles. The van der Waals surface area contributed by atoms with Gasteiger partial charge < -0.3 is 15.3 Å². The average molecular weight is 277 g/mol. The number of hydrogen-bond acceptors (Lipinski definition) is 4. The molecule has 2 heterocycles. The molecule has 0 spiro atoms. The fourth-order valence-electron chi connectivity index (χ4n) is 2.87. The van der Waals surface area contributed by atoms with Crippen molar-refractivity contribution in [2.45, 2.75) is 39.7 Å². The first-order valence-corrected chi connectivity index (χ1v) is 7.76. The summed E-state index contributed by atoms with van der Waals surface area (Å²) >= 11 is 0. The Hall–Kier alpha value is -1.13. The first kappa shape index (κ1) is 15.3. The van der Waals surface area contributed by atoms with Gasteiger partial charge in [-0.05, 0) is 55.8 Å². The van der Waals surface area contributed by atoms with Crippen molar-refractivity contribution in [1.82, 2.24) is 10.3 Å². The Balaban J connectivity index is 2.01. The highest BCUT2D eigenvalue weighted by Gasteiger charge is 2.21. The number of aromatic nitrogens is 1. The molecule has 0 bridgehead atoms. The van der Waals surface area contributed by atoms with Gasteiger partial charge in [0.2, 0.25) is 0 Å². The molecule has 0 aliphatic carbocycles. The van der Waals surface area contributed by atoms with Crippen LogP contribution in [-0.2, 0) is 6.54 Å². The molecule has 0 saturated carbocycles. The lowest BCUT2D eigenvalue weighted by atomic mass is 9.98. The Morgan fingerprint density at radius 2 is 2.35 bits per heavy atom. The average Bonchev–Trinajstić information content (AvgIpc) is 2.48. The van der Waals surface area contributed by atoms with E-state index in [0.29, 0.717) is 5.92 Å². The second kappa shape index (κ2) is 7.60. The predicted molar refractivity (Wildman–Crippen MR) is 83.0 cm³/mol. The Morgan fingerprint density at radius 3 is 3.05 bits per heavy atom. The van der Waals surface area contributed by atoms with Crippen LogP contribution < -0.4 is 10.2 Å². The third-order valence-electron chi connectivity index (χ3n) is 3.94. The summed E-state index contributed by atoms with van der Waals surface area (Å²) in [4.78, 5) is 6.98. The lowest BCUT2D eigenvalue weighted by Crippen LogP contribution is -2.37. The van der Waals surface area contributed by atoms with Crippen molar-refractivity contribution in [2.24, 2.45) is 5.92 Å². The maximum absolute atomic E-state index is 9.33. The Bertz CT molecular complexity index is 422. The molecule has 20 heavy (non-hydrogen) atoms. The summed E-state index contributed by atoms with van der Waals surface area (Å²) < 4.78 is 0. The van der Waals surface area contributed by atoms with Crippen LogP contribution in [0.25, 0.3) is 0 Å². The lowest BCUT2D eigenvalue weighted by molar-refractivity contribution is 0.208. The number of aryl methyl sites for hydroxylation is 1. The molecule has 0 amide bonds. The van der Waals surface area contributed by atoms with E-state index in [9.17, 15) is 5.11 Å². The molecule has 1 fully saturated rings. The zero-order valence-corrected chi connectivity index (χ0v) is 12.7. The fraction of sp³-hybridized carbons (Fsp3) is 0.688. The summed E-state index contributed by atoms with van der Waals surface area (Å²) in [5, 5.41) is 12.7. The van der Waals surface area contributed by atoms with E-state index in [1.165, 1.54) is 11.1 Å². The molecule has 1 unspecified atom stereocenters. The van der Waals surface area contributed by atoms with Gasteiger partial charge in [0.15, 0.2) is 0 Å². The molecule has 4 nitrogen and oxygen atoms in total. The SMILES string of the molecule is CCCNCc1cnc(N2CCCC(CO)C2)c(C)c1. The van der Waals surface area contributed by atoms with E-state index < -0.39 is 0 Å². The minimum atomic E-state index is 0.286. The monoisotopic (exact) mass is 277 g/mol. The number of aliphatic hydroxyl groups excluding tert-OH is 1. The number of anilines is 1. The van der Waals surface area contributed by atoms with Crippen LogP contribution in [0, 0.1) is 12.8 Å². The molecule has 2 N–H and O–H groups in total. The van der Waals surface area contributed by atoms with Crippen molar-refractivity contribution in [3.8, 4) is 0 Å². The summed E-state index contributed by atoms with van der Waals surface area (Å²) in [7, 11) is 0. The molecule has 4 heteroatoms. The normalized spacial score (nSPS) is 19.4. The summed E-state index contributed by atoms with van der Waals surface area (Å²) in [6.07, 6.45) is 5.41. The Kier molecular flexibility index (Phi) is 5.80. The highest BCUT2D eigenvalue weighted by molar-refractivity contribution is 5.47. The second-order valence-corrected chi connectivity index (χ2v) is 5.80. The van der Waals surface area contributed by atoms with Crippen molar-refractivity contribution >= 4 is 5.82 Å². The van der Waals surface area contributed by atoms with Gasteiger partial charge in [-0.3, -0.25) is 0 Å². The summed E-state index contributed by atoms with van der Waals surface area (Å²) in [6.45, 7) is 8.51. The van der Waals surface area contributed by atoms with Crippen LogP contribution in [0.3, 0.4) is 0 Å². The molecule has 0 aromatic carbocycles. The van der Waals surface area contributed by atoms with E-state index in [4.69, 9.17) is 0 Å². The first-order valence-electron chi connectivity index (χ1n) is 7.76. The topological polar surface area (TPSA) is 48.4 Å². The van der Waals surface area contributed by atoms with Gasteiger partial charge in [0.1, 0.15) is 5.82 Å². The highest BCUT2D eigenvalue weighted by Crippen LogP contribution is 2.24. The van der Waals surface area contributed by atoms with Gasteiger partial charge in [0.05, 0.1) is 0 Å². The molecule has 0 radical (unpaired) electrons. The van der Waals surface area contributed by atoms with Crippen LogP contribution in [0.1, 0.15) is 37.3 Å². The van der Waals surface area contributed by atoms with Crippen molar-refractivity contribution in [2.75, 3.05) is 31.1 Å². The molecule has 1 saturated heterocycles. The molecule has 2 rings (SSSR count). The van der Waals surface area contributed by atoms with Crippen LogP contribution in [0.4, 0.5) is 5.82 Å². The van der Waals surface area contributed by atoms with Crippen molar-refractivity contribution < 1.29 is 5.11 Å². The quantitative estimate of drug-likeness (QED) is 0.782. The minimum absolute atomic E-state index is 0.286. The number of nitrogens with one attached hydrogen (secondary N) is 1. The summed E-state index contributed by atoms with van der Waals surface area (Å²) in [5.74, 6) is 1.48. The highest BCUT2D eigenvalue weighted by atomic mass is 16.3. The van der Waals surface area contributed by atoms with Gasteiger partial charge in [-0.1, -0.05) is 6.92 Å². The van der Waals surface area contributed by atoms with Gasteiger partial charge in [0, 0.05) is 32.4 Å². The number of rotatable bonds is 6. The minimum Gasteiger partial charge on any atom is -0.396 e. The largest absolute Gasteiger partial charge is 0.396 e. The van der Waals surface area contributed by atoms with Gasteiger partial charge in [0.25, 0.3) is 0 Å². The van der Waals surface area contributed by atoms with Gasteiger partial charge in [-0.15, -0.1) is 0 Å². The summed E-state index contributed by atoms with van der Waals surface area (Å²) in [5.41, 5.74) is 2.48. The fourth-order valence-corrected chi connectivity index (χ4v) is 2.87. The zero-order valence-electron chi connectivity index (χ0n) is 12.7. The number of piperidine rings is 1. The second-order valence-electron chi connectivity index (χ2n) is 5.80. The van der Waals surface area contributed by atoms with E-state index in [1.54, 1.807) is 0 Å². The number of aliphatic hydroxyl groups is 1.